The average molecular weight is 403 g/mol. The molecule has 1 aromatic carbocycles. The van der Waals surface area contributed by atoms with Crippen molar-refractivity contribution in [3.05, 3.63) is 43.0 Å². The van der Waals surface area contributed by atoms with Crippen molar-refractivity contribution >= 4 is 38.3 Å². The van der Waals surface area contributed by atoms with Crippen LogP contribution < -0.4 is 26.0 Å². The predicted molar refractivity (Wildman–Crippen MR) is 117 cm³/mol. The molecule has 10 heteroatoms. The second-order valence-electron chi connectivity index (χ2n) is 5.43. The topological polar surface area (TPSA) is 119 Å². The van der Waals surface area contributed by atoms with Crippen LogP contribution in [-0.2, 0) is 4.74 Å². The van der Waals surface area contributed by atoms with E-state index in [-0.39, 0.29) is 5.95 Å². The minimum Gasteiger partial charge on any atom is -0.456 e. The zero-order valence-corrected chi connectivity index (χ0v) is 16.8. The molecule has 150 valence electrons. The molecule has 1 aromatic heterocycles. The second kappa shape index (κ2) is 11.9. The van der Waals surface area contributed by atoms with Gasteiger partial charge in [-0.15, -0.1) is 6.58 Å². The molecule has 0 saturated heterocycles. The number of nitrogens with two attached hydrogens (primary N) is 1. The first kappa shape index (κ1) is 21.6. The van der Waals surface area contributed by atoms with Crippen molar-refractivity contribution in [3.63, 3.8) is 0 Å². The quantitative estimate of drug-likeness (QED) is 0.174. The van der Waals surface area contributed by atoms with Crippen molar-refractivity contribution in [2.24, 2.45) is 4.99 Å². The van der Waals surface area contributed by atoms with Gasteiger partial charge in [-0.25, -0.2) is 0 Å². The number of anilines is 3. The van der Waals surface area contributed by atoms with Gasteiger partial charge < -0.3 is 25.6 Å². The van der Waals surface area contributed by atoms with Crippen molar-refractivity contribution in [1.29, 1.82) is 0 Å². The molecule has 5 N–H and O–H groups in total. The van der Waals surface area contributed by atoms with Crippen LogP contribution in [0.2, 0.25) is 0 Å². The Balaban J connectivity index is 1.83. The fourth-order valence-corrected chi connectivity index (χ4v) is 3.12. The molecular formula is C18H26N7O2P. The predicted octanol–water partition coefficient (Wildman–Crippen LogP) is 2.99. The van der Waals surface area contributed by atoms with E-state index in [2.05, 4.69) is 44.0 Å². The van der Waals surface area contributed by atoms with Gasteiger partial charge in [0.05, 0.1) is 6.61 Å². The van der Waals surface area contributed by atoms with Crippen molar-refractivity contribution in [3.8, 4) is 5.75 Å². The van der Waals surface area contributed by atoms with Gasteiger partial charge in [-0.3, -0.25) is 10.1 Å². The molecule has 0 saturated carbocycles. The van der Waals surface area contributed by atoms with E-state index in [9.17, 15) is 0 Å². The molecule has 0 spiro atoms. The van der Waals surface area contributed by atoms with Crippen LogP contribution >= 0.6 is 8.30 Å². The molecule has 0 bridgehead atoms. The Kier molecular flexibility index (Phi) is 9.14. The maximum atomic E-state index is 5.87. The zero-order valence-electron chi connectivity index (χ0n) is 15.9. The molecule has 28 heavy (non-hydrogen) atoms. The summed E-state index contributed by atoms with van der Waals surface area (Å²) in [4.78, 5) is 12.3. The number of para-hydroxylation sites is 1. The third-order valence-electron chi connectivity index (χ3n) is 3.43. The Morgan fingerprint density at radius 2 is 1.93 bits per heavy atom. The minimum absolute atomic E-state index is 0.136. The van der Waals surface area contributed by atoms with Gasteiger partial charge in [0, 0.05) is 13.1 Å². The van der Waals surface area contributed by atoms with Crippen molar-refractivity contribution < 1.29 is 9.26 Å². The summed E-state index contributed by atoms with van der Waals surface area (Å²) in [5.41, 5.74) is 6.27. The van der Waals surface area contributed by atoms with Crippen LogP contribution in [-0.4, -0.2) is 49.8 Å². The van der Waals surface area contributed by atoms with E-state index in [1.807, 2.05) is 37.4 Å². The Morgan fingerprint density at radius 3 is 2.57 bits per heavy atom. The SMILES string of the molecule is C=CCNc1nc(N)nc(NCCOCP(NC)Oc2ccccc2)c1N=C. The number of benzene rings is 1. The van der Waals surface area contributed by atoms with E-state index < -0.39 is 8.30 Å². The van der Waals surface area contributed by atoms with Crippen molar-refractivity contribution in [2.75, 3.05) is 49.5 Å². The van der Waals surface area contributed by atoms with E-state index in [1.54, 1.807) is 6.08 Å². The number of nitrogens with one attached hydrogen (secondary N) is 3. The summed E-state index contributed by atoms with van der Waals surface area (Å²) >= 11 is 0. The number of aliphatic imine (C=N–C) groups is 1. The number of hydrogen-bond acceptors (Lipinski definition) is 9. The van der Waals surface area contributed by atoms with Crippen LogP contribution in [0.1, 0.15) is 0 Å². The lowest BCUT2D eigenvalue weighted by atomic mass is 10.3. The van der Waals surface area contributed by atoms with E-state index >= 15 is 0 Å². The first-order valence-electron chi connectivity index (χ1n) is 8.66. The summed E-state index contributed by atoms with van der Waals surface area (Å²) in [6.45, 7) is 8.73. The zero-order chi connectivity index (χ0) is 20.2. The molecule has 2 rings (SSSR count). The van der Waals surface area contributed by atoms with Gasteiger partial charge in [-0.1, -0.05) is 24.3 Å². The highest BCUT2D eigenvalue weighted by Gasteiger charge is 2.12. The van der Waals surface area contributed by atoms with Crippen LogP contribution in [0.5, 0.6) is 5.75 Å². The highest BCUT2D eigenvalue weighted by atomic mass is 31.2. The Morgan fingerprint density at radius 1 is 1.21 bits per heavy atom. The van der Waals surface area contributed by atoms with E-state index in [4.69, 9.17) is 15.0 Å². The molecule has 9 nitrogen and oxygen atoms in total. The highest BCUT2D eigenvalue weighted by molar-refractivity contribution is 7.50. The maximum Gasteiger partial charge on any atom is 0.224 e. The van der Waals surface area contributed by atoms with Gasteiger partial charge in [0.1, 0.15) is 17.8 Å². The molecule has 0 fully saturated rings. The number of nitrogen functional groups attached to an aromatic ring is 1. The minimum atomic E-state index is -0.926. The molecule has 1 heterocycles. The average Bonchev–Trinajstić information content (AvgIpc) is 2.71. The van der Waals surface area contributed by atoms with Gasteiger partial charge in [0.25, 0.3) is 0 Å². The maximum absolute atomic E-state index is 5.87. The molecule has 1 unspecified atom stereocenters. The molecule has 0 aliphatic rings. The van der Waals surface area contributed by atoms with E-state index in [0.717, 1.165) is 5.75 Å². The van der Waals surface area contributed by atoms with Gasteiger partial charge in [0.2, 0.25) is 5.95 Å². The lowest BCUT2D eigenvalue weighted by molar-refractivity contribution is 0.186. The summed E-state index contributed by atoms with van der Waals surface area (Å²) in [5.74, 6) is 1.94. The number of ether oxygens (including phenoxy) is 1. The first-order valence-corrected chi connectivity index (χ1v) is 10.1. The Bertz CT molecular complexity index is 761. The summed E-state index contributed by atoms with van der Waals surface area (Å²) in [7, 11) is 0.921. The summed E-state index contributed by atoms with van der Waals surface area (Å²) < 4.78 is 11.6. The third-order valence-corrected chi connectivity index (χ3v) is 4.78. The summed E-state index contributed by atoms with van der Waals surface area (Å²) in [6.07, 6.45) is 2.16. The normalized spacial score (nSPS) is 11.5. The first-order chi connectivity index (χ1) is 13.7. The van der Waals surface area contributed by atoms with Crippen LogP contribution in [0.15, 0.2) is 48.0 Å². The second-order valence-corrected chi connectivity index (χ2v) is 7.07. The summed E-state index contributed by atoms with van der Waals surface area (Å²) in [5, 5.41) is 9.35. The summed E-state index contributed by atoms with van der Waals surface area (Å²) in [6, 6.07) is 9.63. The van der Waals surface area contributed by atoms with Crippen LogP contribution in [0.25, 0.3) is 0 Å². The van der Waals surface area contributed by atoms with Gasteiger partial charge in [0.15, 0.2) is 19.9 Å². The van der Waals surface area contributed by atoms with Gasteiger partial charge in [-0.05, 0) is 25.9 Å². The number of nitrogens with zero attached hydrogens (tertiary/aromatic N) is 3. The van der Waals surface area contributed by atoms with E-state index in [0.29, 0.717) is 43.4 Å². The van der Waals surface area contributed by atoms with Crippen LogP contribution in [0, 0.1) is 0 Å². The Hall–Kier alpha value is -2.74. The third kappa shape index (κ3) is 6.77. The Labute approximate surface area is 166 Å². The number of aromatic nitrogens is 2. The standard InChI is InChI=1S/C18H26N7O2P/c1-4-10-22-16-15(20-2)17(25-18(19)24-16)23-11-12-26-13-28(21-3)27-14-8-6-5-7-9-14/h4-9,21H,1-2,10-13H2,3H3,(H4,19,22,23,24,25). The van der Waals surface area contributed by atoms with Crippen molar-refractivity contribution in [1.82, 2.24) is 15.1 Å². The fraction of sp³-hybridized carbons (Fsp3) is 0.278. The molecule has 0 aliphatic carbocycles. The van der Waals surface area contributed by atoms with Crippen molar-refractivity contribution in [2.45, 2.75) is 0 Å². The van der Waals surface area contributed by atoms with Crippen LogP contribution in [0.4, 0.5) is 23.3 Å². The smallest absolute Gasteiger partial charge is 0.224 e. The molecular weight excluding hydrogens is 377 g/mol. The number of rotatable bonds is 13. The lowest BCUT2D eigenvalue weighted by Crippen LogP contribution is -2.15. The number of hydrogen-bond donors (Lipinski definition) is 4. The highest BCUT2D eigenvalue weighted by Crippen LogP contribution is 2.33. The fourth-order valence-electron chi connectivity index (χ4n) is 2.17. The monoisotopic (exact) mass is 403 g/mol. The van der Waals surface area contributed by atoms with E-state index in [1.165, 1.54) is 0 Å². The molecule has 0 aliphatic heterocycles. The molecule has 1 atom stereocenters. The van der Waals surface area contributed by atoms with Crippen LogP contribution in [0.3, 0.4) is 0 Å². The lowest BCUT2D eigenvalue weighted by Gasteiger charge is -2.17. The molecule has 2 aromatic rings. The van der Waals surface area contributed by atoms with Gasteiger partial charge in [-0.2, -0.15) is 9.97 Å². The largest absolute Gasteiger partial charge is 0.456 e. The molecule has 0 radical (unpaired) electrons. The van der Waals surface area contributed by atoms with Gasteiger partial charge >= 0.3 is 0 Å². The molecule has 0 amide bonds.